The van der Waals surface area contributed by atoms with Gasteiger partial charge in [0.15, 0.2) is 5.82 Å². The molecule has 138 valence electrons. The molecule has 1 unspecified atom stereocenters. The van der Waals surface area contributed by atoms with E-state index in [-0.39, 0.29) is 6.10 Å². The fourth-order valence-electron chi connectivity index (χ4n) is 3.84. The summed E-state index contributed by atoms with van der Waals surface area (Å²) < 4.78 is 6.31. The Morgan fingerprint density at radius 1 is 1.15 bits per heavy atom. The fraction of sp³-hybridized carbons (Fsp3) is 0.524. The summed E-state index contributed by atoms with van der Waals surface area (Å²) in [5, 5.41) is 0. The molecule has 0 bridgehead atoms. The van der Waals surface area contributed by atoms with Crippen LogP contribution in [0.4, 0.5) is 11.5 Å². The van der Waals surface area contributed by atoms with E-state index >= 15 is 0 Å². The first-order valence-electron chi connectivity index (χ1n) is 9.76. The second-order valence-electron chi connectivity index (χ2n) is 7.73. The van der Waals surface area contributed by atoms with Crippen molar-refractivity contribution < 1.29 is 4.74 Å². The van der Waals surface area contributed by atoms with Crippen molar-refractivity contribution >= 4 is 11.5 Å². The fourth-order valence-corrected chi connectivity index (χ4v) is 3.84. The van der Waals surface area contributed by atoms with Crippen LogP contribution in [0.2, 0.25) is 0 Å². The first-order chi connectivity index (χ1) is 12.7. The highest BCUT2D eigenvalue weighted by atomic mass is 16.5. The summed E-state index contributed by atoms with van der Waals surface area (Å²) in [7, 11) is 0. The van der Waals surface area contributed by atoms with E-state index in [1.165, 1.54) is 17.7 Å². The molecule has 4 rings (SSSR count). The zero-order valence-corrected chi connectivity index (χ0v) is 15.8. The number of benzene rings is 1. The minimum Gasteiger partial charge on any atom is -0.470 e. The highest BCUT2D eigenvalue weighted by Gasteiger charge is 2.28. The van der Waals surface area contributed by atoms with Crippen molar-refractivity contribution in [1.82, 2.24) is 14.9 Å². The number of fused-ring (bicyclic) bond motifs is 1. The maximum Gasteiger partial charge on any atom is 0.258 e. The van der Waals surface area contributed by atoms with E-state index in [9.17, 15) is 0 Å². The quantitative estimate of drug-likeness (QED) is 0.793. The first-order valence-corrected chi connectivity index (χ1v) is 9.76. The lowest BCUT2D eigenvalue weighted by atomic mass is 10.1. The van der Waals surface area contributed by atoms with Crippen LogP contribution in [0.1, 0.15) is 32.3 Å². The Labute approximate surface area is 156 Å². The molecular formula is C21H28N4O. The number of rotatable bonds is 6. The molecule has 0 aliphatic carbocycles. The van der Waals surface area contributed by atoms with Gasteiger partial charge in [-0.2, -0.15) is 0 Å². The van der Waals surface area contributed by atoms with E-state index < -0.39 is 0 Å². The molecule has 1 atom stereocenters. The van der Waals surface area contributed by atoms with E-state index in [0.29, 0.717) is 5.88 Å². The summed E-state index contributed by atoms with van der Waals surface area (Å²) in [5.41, 5.74) is 2.59. The molecule has 3 heterocycles. The van der Waals surface area contributed by atoms with E-state index in [4.69, 9.17) is 4.74 Å². The van der Waals surface area contributed by atoms with Crippen LogP contribution in [0.15, 0.2) is 36.7 Å². The predicted molar refractivity (Wildman–Crippen MR) is 104 cm³/mol. The smallest absolute Gasteiger partial charge is 0.258 e. The Bertz CT molecular complexity index is 748. The third kappa shape index (κ3) is 3.68. The molecule has 2 aliphatic heterocycles. The molecule has 0 radical (unpaired) electrons. The zero-order valence-electron chi connectivity index (χ0n) is 15.8. The van der Waals surface area contributed by atoms with Crippen LogP contribution in [-0.4, -0.2) is 47.2 Å². The van der Waals surface area contributed by atoms with Crippen molar-refractivity contribution in [3.63, 3.8) is 0 Å². The highest BCUT2D eigenvalue weighted by molar-refractivity contribution is 5.69. The average Bonchev–Trinajstić information content (AvgIpc) is 3.27. The van der Waals surface area contributed by atoms with Crippen LogP contribution < -0.4 is 9.64 Å². The van der Waals surface area contributed by atoms with Gasteiger partial charge < -0.3 is 9.64 Å². The average molecular weight is 352 g/mol. The standard InChI is InChI=1S/C21H28N4O/c1-16(2)7-12-24-13-9-18(15-24)26-21-20(22-10-11-23-21)25-14-8-17-5-3-4-6-19(17)25/h3-6,10-11,16,18H,7-9,12-15H2,1-2H3. The minimum absolute atomic E-state index is 0.204. The number of hydrogen-bond donors (Lipinski definition) is 0. The van der Waals surface area contributed by atoms with E-state index in [1.54, 1.807) is 12.4 Å². The summed E-state index contributed by atoms with van der Waals surface area (Å²) in [6, 6.07) is 8.53. The summed E-state index contributed by atoms with van der Waals surface area (Å²) in [4.78, 5) is 13.9. The Hall–Kier alpha value is -2.14. The molecule has 0 amide bonds. The Kier molecular flexibility index (Phi) is 5.07. The number of ether oxygens (including phenoxy) is 1. The van der Waals surface area contributed by atoms with E-state index in [0.717, 1.165) is 50.8 Å². The Morgan fingerprint density at radius 3 is 2.88 bits per heavy atom. The molecule has 5 heteroatoms. The second kappa shape index (κ2) is 7.62. The number of anilines is 2. The van der Waals surface area contributed by atoms with Crippen LogP contribution in [0.5, 0.6) is 5.88 Å². The predicted octanol–water partition coefficient (Wildman–Crippen LogP) is 3.67. The summed E-state index contributed by atoms with van der Waals surface area (Å²) in [6.45, 7) is 8.75. The van der Waals surface area contributed by atoms with Gasteiger partial charge in [-0.15, -0.1) is 0 Å². The third-order valence-corrected chi connectivity index (χ3v) is 5.32. The lowest BCUT2D eigenvalue weighted by Crippen LogP contribution is -2.27. The zero-order chi connectivity index (χ0) is 17.9. The van der Waals surface area contributed by atoms with Crippen LogP contribution in [-0.2, 0) is 6.42 Å². The molecule has 2 aliphatic rings. The maximum atomic E-state index is 6.31. The van der Waals surface area contributed by atoms with Crippen molar-refractivity contribution in [2.75, 3.05) is 31.1 Å². The lowest BCUT2D eigenvalue weighted by molar-refractivity contribution is 0.191. The van der Waals surface area contributed by atoms with Gasteiger partial charge in [0.1, 0.15) is 6.10 Å². The van der Waals surface area contributed by atoms with Gasteiger partial charge in [0.25, 0.3) is 5.88 Å². The van der Waals surface area contributed by atoms with Gasteiger partial charge in [0.05, 0.1) is 0 Å². The van der Waals surface area contributed by atoms with Crippen molar-refractivity contribution in [1.29, 1.82) is 0 Å². The molecule has 26 heavy (non-hydrogen) atoms. The lowest BCUT2D eigenvalue weighted by Gasteiger charge is -2.22. The van der Waals surface area contributed by atoms with Gasteiger partial charge in [-0.3, -0.25) is 4.90 Å². The Balaban J connectivity index is 1.46. The van der Waals surface area contributed by atoms with Crippen LogP contribution in [0.25, 0.3) is 0 Å². The monoisotopic (exact) mass is 352 g/mol. The maximum absolute atomic E-state index is 6.31. The van der Waals surface area contributed by atoms with Crippen molar-refractivity contribution in [3.05, 3.63) is 42.2 Å². The largest absolute Gasteiger partial charge is 0.470 e. The van der Waals surface area contributed by atoms with Crippen LogP contribution >= 0.6 is 0 Å². The molecule has 1 fully saturated rings. The van der Waals surface area contributed by atoms with Crippen LogP contribution in [0, 0.1) is 5.92 Å². The molecule has 2 aromatic rings. The van der Waals surface area contributed by atoms with Crippen molar-refractivity contribution in [2.24, 2.45) is 5.92 Å². The van der Waals surface area contributed by atoms with Gasteiger partial charge in [-0.1, -0.05) is 32.0 Å². The van der Waals surface area contributed by atoms with Crippen molar-refractivity contribution in [3.8, 4) is 5.88 Å². The molecule has 1 aromatic carbocycles. The number of para-hydroxylation sites is 1. The molecule has 1 aromatic heterocycles. The van der Waals surface area contributed by atoms with Gasteiger partial charge in [0.2, 0.25) is 0 Å². The van der Waals surface area contributed by atoms with Gasteiger partial charge >= 0.3 is 0 Å². The molecule has 1 saturated heterocycles. The number of nitrogens with zero attached hydrogens (tertiary/aromatic N) is 4. The van der Waals surface area contributed by atoms with Gasteiger partial charge in [0, 0.05) is 37.7 Å². The second-order valence-corrected chi connectivity index (χ2v) is 7.73. The van der Waals surface area contributed by atoms with Gasteiger partial charge in [-0.25, -0.2) is 9.97 Å². The first kappa shape index (κ1) is 17.3. The molecular weight excluding hydrogens is 324 g/mol. The number of hydrogen-bond acceptors (Lipinski definition) is 5. The number of aromatic nitrogens is 2. The molecule has 5 nitrogen and oxygen atoms in total. The molecule has 0 N–H and O–H groups in total. The van der Waals surface area contributed by atoms with E-state index in [1.807, 2.05) is 0 Å². The minimum atomic E-state index is 0.204. The normalized spacial score (nSPS) is 20.0. The summed E-state index contributed by atoms with van der Waals surface area (Å²) in [5.74, 6) is 2.26. The number of likely N-dealkylation sites (tertiary alicyclic amines) is 1. The summed E-state index contributed by atoms with van der Waals surface area (Å²) in [6.07, 6.45) is 7.03. The van der Waals surface area contributed by atoms with E-state index in [2.05, 4.69) is 57.9 Å². The van der Waals surface area contributed by atoms with Crippen molar-refractivity contribution in [2.45, 2.75) is 39.2 Å². The topological polar surface area (TPSA) is 41.5 Å². The SMILES string of the molecule is CC(C)CCN1CCC(Oc2nccnc2N2CCc3ccccc32)C1. The van der Waals surface area contributed by atoms with Crippen LogP contribution in [0.3, 0.4) is 0 Å². The Morgan fingerprint density at radius 2 is 2.00 bits per heavy atom. The molecule has 0 saturated carbocycles. The highest BCUT2D eigenvalue weighted by Crippen LogP contribution is 2.37. The third-order valence-electron chi connectivity index (χ3n) is 5.32. The summed E-state index contributed by atoms with van der Waals surface area (Å²) >= 11 is 0. The molecule has 0 spiro atoms. The van der Waals surface area contributed by atoms with Gasteiger partial charge in [-0.05, 0) is 43.4 Å².